The normalized spacial score (nSPS) is 10.9. The Hall–Kier alpha value is -5.10. The maximum absolute atomic E-state index is 14.3. The first-order chi connectivity index (χ1) is 21.0. The minimum atomic E-state index is -0.234. The number of rotatable bonds is 8. The smallest absolute Gasteiger partial charge is 0.202 e. The maximum Gasteiger partial charge on any atom is 0.202 e. The molecule has 0 heterocycles. The van der Waals surface area contributed by atoms with E-state index in [-0.39, 0.29) is 21.3 Å². The van der Waals surface area contributed by atoms with E-state index < -0.39 is 0 Å². The standard InChI is InChI=1S/C38H40N4O2/c1-39(2)29-17-9-25(10-18-29)33(26-11-19-30(20-12-26)40(3)4)35-37(43)36(38(35)44)34(27-13-21-31(22-14-27)41(5)6)28-15-23-32(24-16-28)42(7)8/h9-24H,1-8H3. The molecule has 0 unspecified atom stereocenters. The summed E-state index contributed by atoms with van der Waals surface area (Å²) in [6.45, 7) is 0. The Balaban J connectivity index is 1.83. The van der Waals surface area contributed by atoms with E-state index in [1.165, 1.54) is 0 Å². The van der Waals surface area contributed by atoms with Gasteiger partial charge in [-0.15, -0.1) is 0 Å². The fraction of sp³-hybridized carbons (Fsp3) is 0.211. The Morgan fingerprint density at radius 1 is 0.341 bits per heavy atom. The fourth-order valence-corrected chi connectivity index (χ4v) is 5.46. The van der Waals surface area contributed by atoms with Crippen LogP contribution in [0.25, 0.3) is 11.1 Å². The number of benzene rings is 4. The van der Waals surface area contributed by atoms with Gasteiger partial charge < -0.3 is 19.6 Å². The van der Waals surface area contributed by atoms with Crippen molar-refractivity contribution in [3.05, 3.63) is 150 Å². The minimum absolute atomic E-state index is 0.225. The van der Waals surface area contributed by atoms with Crippen molar-refractivity contribution in [2.24, 2.45) is 0 Å². The summed E-state index contributed by atoms with van der Waals surface area (Å²) in [5.41, 5.74) is 8.32. The van der Waals surface area contributed by atoms with Gasteiger partial charge in [-0.1, -0.05) is 48.5 Å². The summed E-state index contributed by atoms with van der Waals surface area (Å²) in [5.74, 6) is 0. The first-order valence-electron chi connectivity index (χ1n) is 14.7. The molecule has 44 heavy (non-hydrogen) atoms. The van der Waals surface area contributed by atoms with Crippen LogP contribution in [-0.2, 0) is 0 Å². The molecular formula is C38H40N4O2. The van der Waals surface area contributed by atoms with E-state index in [0.717, 1.165) is 45.0 Å². The highest BCUT2D eigenvalue weighted by Crippen LogP contribution is 2.26. The zero-order valence-electron chi connectivity index (χ0n) is 26.8. The van der Waals surface area contributed by atoms with Gasteiger partial charge in [-0.05, 0) is 70.8 Å². The van der Waals surface area contributed by atoms with E-state index in [1.54, 1.807) is 0 Å². The fourth-order valence-electron chi connectivity index (χ4n) is 5.46. The highest BCUT2D eigenvalue weighted by Gasteiger charge is 2.21. The van der Waals surface area contributed by atoms with Crippen molar-refractivity contribution in [1.29, 1.82) is 0 Å². The predicted octanol–water partition coefficient (Wildman–Crippen LogP) is 4.04. The molecule has 0 N–H and O–H groups in total. The molecule has 224 valence electrons. The number of anilines is 4. The lowest BCUT2D eigenvalue weighted by Crippen LogP contribution is -2.66. The van der Waals surface area contributed by atoms with Crippen LogP contribution in [0.1, 0.15) is 22.3 Å². The molecule has 0 bridgehead atoms. The number of hydrogen-bond acceptors (Lipinski definition) is 6. The van der Waals surface area contributed by atoms with Gasteiger partial charge >= 0.3 is 0 Å². The quantitative estimate of drug-likeness (QED) is 0.275. The van der Waals surface area contributed by atoms with Gasteiger partial charge in [0.25, 0.3) is 0 Å². The highest BCUT2D eigenvalue weighted by molar-refractivity contribution is 5.84. The van der Waals surface area contributed by atoms with E-state index in [0.29, 0.717) is 11.1 Å². The second kappa shape index (κ2) is 12.3. The Labute approximate surface area is 259 Å². The van der Waals surface area contributed by atoms with Crippen LogP contribution in [0, 0.1) is 0 Å². The SMILES string of the molecule is CN(C)c1ccc(C(c2ccc(N(C)C)cc2)=c2c(=O)c(=C(c3ccc(N(C)C)cc3)c3ccc(N(C)C)cc3)c2=O)cc1. The molecule has 0 aliphatic carbocycles. The maximum atomic E-state index is 14.3. The van der Waals surface area contributed by atoms with Gasteiger partial charge in [0.15, 0.2) is 0 Å². The minimum Gasteiger partial charge on any atom is -0.378 e. The van der Waals surface area contributed by atoms with Crippen molar-refractivity contribution >= 4 is 33.9 Å². The van der Waals surface area contributed by atoms with Gasteiger partial charge in [0, 0.05) is 90.3 Å². The van der Waals surface area contributed by atoms with Gasteiger partial charge in [-0.25, -0.2) is 0 Å². The van der Waals surface area contributed by atoms with Crippen molar-refractivity contribution in [3.63, 3.8) is 0 Å². The molecular weight excluding hydrogens is 544 g/mol. The second-order valence-electron chi connectivity index (χ2n) is 11.9. The molecule has 0 fully saturated rings. The zero-order chi connectivity index (χ0) is 31.7. The van der Waals surface area contributed by atoms with Crippen LogP contribution in [0.15, 0.2) is 107 Å². The lowest BCUT2D eigenvalue weighted by atomic mass is 9.89. The third kappa shape index (κ3) is 5.76. The largest absolute Gasteiger partial charge is 0.378 e. The summed E-state index contributed by atoms with van der Waals surface area (Å²) < 4.78 is 0. The molecule has 0 aliphatic rings. The molecule has 0 aliphatic heterocycles. The van der Waals surface area contributed by atoms with Crippen LogP contribution in [0.2, 0.25) is 0 Å². The average Bonchev–Trinajstić information content (AvgIpc) is 3.02. The van der Waals surface area contributed by atoms with Crippen LogP contribution in [0.3, 0.4) is 0 Å². The predicted molar refractivity (Wildman–Crippen MR) is 187 cm³/mol. The van der Waals surface area contributed by atoms with Gasteiger partial charge in [0.1, 0.15) is 0 Å². The molecule has 0 aromatic heterocycles. The summed E-state index contributed by atoms with van der Waals surface area (Å²) in [5, 5.41) is 0.449. The monoisotopic (exact) mass is 584 g/mol. The lowest BCUT2D eigenvalue weighted by Gasteiger charge is -2.17. The third-order valence-corrected chi connectivity index (χ3v) is 8.10. The van der Waals surface area contributed by atoms with Crippen LogP contribution in [0.5, 0.6) is 0 Å². The molecule has 5 aromatic rings. The van der Waals surface area contributed by atoms with Crippen molar-refractivity contribution in [1.82, 2.24) is 0 Å². The van der Waals surface area contributed by atoms with Crippen molar-refractivity contribution < 1.29 is 0 Å². The molecule has 0 atom stereocenters. The second-order valence-corrected chi connectivity index (χ2v) is 11.9. The number of nitrogens with zero attached hydrogens (tertiary/aromatic N) is 4. The zero-order valence-corrected chi connectivity index (χ0v) is 26.8. The summed E-state index contributed by atoms with van der Waals surface area (Å²) in [7, 11) is 15.9. The molecule has 0 amide bonds. The average molecular weight is 585 g/mol. The molecule has 0 spiro atoms. The summed E-state index contributed by atoms with van der Waals surface area (Å²) in [6.07, 6.45) is 0. The van der Waals surface area contributed by atoms with Gasteiger partial charge in [0.05, 0.1) is 10.4 Å². The molecule has 0 saturated carbocycles. The summed E-state index contributed by atoms with van der Waals surface area (Å²) in [4.78, 5) is 36.7. The highest BCUT2D eigenvalue weighted by atomic mass is 16.1. The van der Waals surface area contributed by atoms with Gasteiger partial charge in [-0.3, -0.25) is 9.59 Å². The van der Waals surface area contributed by atoms with E-state index >= 15 is 0 Å². The van der Waals surface area contributed by atoms with Crippen LogP contribution in [0.4, 0.5) is 22.7 Å². The summed E-state index contributed by atoms with van der Waals surface area (Å²) in [6, 6.07) is 32.0. The van der Waals surface area contributed by atoms with E-state index in [1.807, 2.05) is 173 Å². The van der Waals surface area contributed by atoms with Crippen molar-refractivity contribution in [2.75, 3.05) is 76.0 Å². The Kier molecular flexibility index (Phi) is 8.45. The molecule has 0 saturated heterocycles. The molecule has 6 nitrogen and oxygen atoms in total. The first-order valence-corrected chi connectivity index (χ1v) is 14.7. The Bertz CT molecular complexity index is 1680. The first kappa shape index (κ1) is 30.4. The molecule has 5 aromatic carbocycles. The van der Waals surface area contributed by atoms with Crippen LogP contribution < -0.4 is 40.9 Å². The molecule has 0 radical (unpaired) electrons. The van der Waals surface area contributed by atoms with Gasteiger partial charge in [-0.2, -0.15) is 0 Å². The number of hydrogen-bond donors (Lipinski definition) is 0. The molecule has 5 rings (SSSR count). The third-order valence-electron chi connectivity index (χ3n) is 8.10. The van der Waals surface area contributed by atoms with Crippen molar-refractivity contribution in [3.8, 4) is 0 Å². The Morgan fingerprint density at radius 2 is 0.523 bits per heavy atom. The summed E-state index contributed by atoms with van der Waals surface area (Å²) >= 11 is 0. The van der Waals surface area contributed by atoms with Gasteiger partial charge in [0.2, 0.25) is 10.9 Å². The Morgan fingerprint density at radius 3 is 0.682 bits per heavy atom. The van der Waals surface area contributed by atoms with E-state index in [2.05, 4.69) is 0 Å². The van der Waals surface area contributed by atoms with E-state index in [4.69, 9.17) is 0 Å². The van der Waals surface area contributed by atoms with Crippen LogP contribution >= 0.6 is 0 Å². The topological polar surface area (TPSA) is 47.1 Å². The lowest BCUT2D eigenvalue weighted by molar-refractivity contribution is 1.13. The van der Waals surface area contributed by atoms with E-state index in [9.17, 15) is 9.59 Å². The molecule has 6 heteroatoms. The van der Waals surface area contributed by atoms with Crippen LogP contribution in [-0.4, -0.2) is 56.4 Å². The van der Waals surface area contributed by atoms with Crippen molar-refractivity contribution in [2.45, 2.75) is 0 Å².